The molecule has 0 saturated carbocycles. The maximum Gasteiger partial charge on any atom is 0.316 e. The van der Waals surface area contributed by atoms with Crippen LogP contribution in [0.25, 0.3) is 0 Å². The third-order valence-electron chi connectivity index (χ3n) is 3.01. The van der Waals surface area contributed by atoms with E-state index in [4.69, 9.17) is 4.74 Å². The van der Waals surface area contributed by atoms with Crippen LogP contribution in [0.4, 0.5) is 13.2 Å². The second kappa shape index (κ2) is 9.12. The predicted molar refractivity (Wildman–Crippen MR) is 86.3 cm³/mol. The number of nitrogens with one attached hydrogen (secondary N) is 1. The highest BCUT2D eigenvalue weighted by Gasteiger charge is 2.11. The Labute approximate surface area is 146 Å². The summed E-state index contributed by atoms with van der Waals surface area (Å²) < 4.78 is 43.9. The van der Waals surface area contributed by atoms with Gasteiger partial charge in [0, 0.05) is 11.4 Å². The fourth-order valence-corrected chi connectivity index (χ4v) is 2.52. The highest BCUT2D eigenvalue weighted by molar-refractivity contribution is 8.00. The number of rotatable bonds is 7. The molecule has 0 heterocycles. The monoisotopic (exact) mass is 369 g/mol. The van der Waals surface area contributed by atoms with Gasteiger partial charge >= 0.3 is 5.97 Å². The molecule has 0 atom stereocenters. The van der Waals surface area contributed by atoms with Crippen molar-refractivity contribution in [2.24, 2.45) is 0 Å². The highest BCUT2D eigenvalue weighted by atomic mass is 32.2. The first kappa shape index (κ1) is 18.9. The van der Waals surface area contributed by atoms with Crippen molar-refractivity contribution in [3.8, 4) is 0 Å². The van der Waals surface area contributed by atoms with Crippen LogP contribution in [0.1, 0.15) is 5.56 Å². The second-order valence-corrected chi connectivity index (χ2v) is 5.94. The van der Waals surface area contributed by atoms with Crippen molar-refractivity contribution in [3.05, 3.63) is 65.5 Å². The number of carbonyl (C=O) groups is 2. The Hall–Kier alpha value is -2.48. The summed E-state index contributed by atoms with van der Waals surface area (Å²) in [7, 11) is 0. The molecule has 2 aromatic carbocycles. The summed E-state index contributed by atoms with van der Waals surface area (Å²) in [6, 6.07) is 8.49. The molecule has 0 unspecified atom stereocenters. The molecule has 132 valence electrons. The van der Waals surface area contributed by atoms with E-state index in [2.05, 4.69) is 5.32 Å². The topological polar surface area (TPSA) is 55.4 Å². The summed E-state index contributed by atoms with van der Waals surface area (Å²) in [6.07, 6.45) is 0. The summed E-state index contributed by atoms with van der Waals surface area (Å²) in [6.45, 7) is -0.327. The Bertz CT molecular complexity index is 753. The van der Waals surface area contributed by atoms with Crippen molar-refractivity contribution in [2.45, 2.75) is 11.4 Å². The Kier molecular flexibility index (Phi) is 6.88. The SMILES string of the molecule is O=C(COC(=O)CSc1cc(F)ccc1F)NCc1ccc(F)cc1. The van der Waals surface area contributed by atoms with E-state index in [0.29, 0.717) is 5.56 Å². The number of benzene rings is 2. The second-order valence-electron chi connectivity index (χ2n) is 4.93. The van der Waals surface area contributed by atoms with Crippen molar-refractivity contribution in [3.63, 3.8) is 0 Å². The van der Waals surface area contributed by atoms with Crippen LogP contribution in [0.15, 0.2) is 47.4 Å². The summed E-state index contributed by atoms with van der Waals surface area (Å²) >= 11 is 0.776. The number of thioether (sulfide) groups is 1. The van der Waals surface area contributed by atoms with E-state index in [0.717, 1.165) is 30.0 Å². The van der Waals surface area contributed by atoms with Crippen LogP contribution in [-0.4, -0.2) is 24.2 Å². The highest BCUT2D eigenvalue weighted by Crippen LogP contribution is 2.22. The van der Waals surface area contributed by atoms with Crippen molar-refractivity contribution >= 4 is 23.6 Å². The van der Waals surface area contributed by atoms with Crippen molar-refractivity contribution < 1.29 is 27.5 Å². The first-order valence-corrected chi connectivity index (χ1v) is 8.17. The van der Waals surface area contributed by atoms with E-state index >= 15 is 0 Å². The molecule has 0 aliphatic rings. The van der Waals surface area contributed by atoms with E-state index in [-0.39, 0.29) is 23.0 Å². The number of hydrogen-bond donors (Lipinski definition) is 1. The standard InChI is InChI=1S/C17H14F3NO3S/c18-12-3-1-11(2-4-12)8-21-16(22)9-24-17(23)10-25-15-7-13(19)5-6-14(15)20/h1-7H,8-10H2,(H,21,22). The minimum Gasteiger partial charge on any atom is -0.455 e. The average Bonchev–Trinajstić information content (AvgIpc) is 2.60. The largest absolute Gasteiger partial charge is 0.455 e. The van der Waals surface area contributed by atoms with Crippen LogP contribution in [0.3, 0.4) is 0 Å². The molecule has 4 nitrogen and oxygen atoms in total. The summed E-state index contributed by atoms with van der Waals surface area (Å²) in [4.78, 5) is 23.1. The van der Waals surface area contributed by atoms with Gasteiger partial charge in [-0.25, -0.2) is 13.2 Å². The van der Waals surface area contributed by atoms with Gasteiger partial charge in [-0.15, -0.1) is 11.8 Å². The fourth-order valence-electron chi connectivity index (χ4n) is 1.77. The van der Waals surface area contributed by atoms with Crippen molar-refractivity contribution in [1.82, 2.24) is 5.32 Å². The molecular formula is C17H14F3NO3S. The third kappa shape index (κ3) is 6.50. The third-order valence-corrected chi connectivity index (χ3v) is 4.01. The van der Waals surface area contributed by atoms with Gasteiger partial charge in [-0.2, -0.15) is 0 Å². The zero-order chi connectivity index (χ0) is 18.2. The van der Waals surface area contributed by atoms with Gasteiger partial charge in [-0.05, 0) is 35.9 Å². The molecule has 0 spiro atoms. The smallest absolute Gasteiger partial charge is 0.316 e. The molecule has 0 fully saturated rings. The molecule has 0 saturated heterocycles. The molecule has 1 N–H and O–H groups in total. The number of hydrogen-bond acceptors (Lipinski definition) is 4. The molecular weight excluding hydrogens is 355 g/mol. The zero-order valence-electron chi connectivity index (χ0n) is 12.9. The molecule has 0 aliphatic carbocycles. The Morgan fingerprint density at radius 1 is 1.00 bits per heavy atom. The maximum atomic E-state index is 13.4. The Balaban J connectivity index is 1.69. The minimum absolute atomic E-state index is 0.0160. The predicted octanol–water partition coefficient (Wildman–Crippen LogP) is 3.06. The van der Waals surface area contributed by atoms with Crippen LogP contribution in [0, 0.1) is 17.5 Å². The lowest BCUT2D eigenvalue weighted by atomic mass is 10.2. The number of amides is 1. The molecule has 25 heavy (non-hydrogen) atoms. The van der Waals surface area contributed by atoms with Crippen LogP contribution in [0.5, 0.6) is 0 Å². The van der Waals surface area contributed by atoms with Crippen LogP contribution in [0.2, 0.25) is 0 Å². The van der Waals surface area contributed by atoms with Crippen LogP contribution in [-0.2, 0) is 20.9 Å². The van der Waals surface area contributed by atoms with Gasteiger partial charge in [0.05, 0.1) is 5.75 Å². The van der Waals surface area contributed by atoms with Gasteiger partial charge in [0.2, 0.25) is 0 Å². The van der Waals surface area contributed by atoms with E-state index in [1.54, 1.807) is 0 Å². The van der Waals surface area contributed by atoms with E-state index in [9.17, 15) is 22.8 Å². The van der Waals surface area contributed by atoms with Gasteiger partial charge in [0.25, 0.3) is 5.91 Å². The molecule has 1 amide bonds. The Morgan fingerprint density at radius 3 is 2.40 bits per heavy atom. The number of carbonyl (C=O) groups excluding carboxylic acids is 2. The summed E-state index contributed by atoms with van der Waals surface area (Å²) in [5.41, 5.74) is 0.693. The van der Waals surface area contributed by atoms with E-state index < -0.39 is 30.1 Å². The Morgan fingerprint density at radius 2 is 1.68 bits per heavy atom. The van der Waals surface area contributed by atoms with Gasteiger partial charge < -0.3 is 10.1 Å². The molecule has 0 aromatic heterocycles. The molecule has 0 bridgehead atoms. The first-order chi connectivity index (χ1) is 11.9. The molecule has 2 aromatic rings. The van der Waals surface area contributed by atoms with Crippen LogP contribution >= 0.6 is 11.8 Å². The zero-order valence-corrected chi connectivity index (χ0v) is 13.7. The average molecular weight is 369 g/mol. The van der Waals surface area contributed by atoms with Crippen molar-refractivity contribution in [1.29, 1.82) is 0 Å². The summed E-state index contributed by atoms with van der Waals surface area (Å²) in [5, 5.41) is 2.51. The van der Waals surface area contributed by atoms with Gasteiger partial charge in [-0.1, -0.05) is 12.1 Å². The lowest BCUT2D eigenvalue weighted by Crippen LogP contribution is -2.28. The van der Waals surface area contributed by atoms with Gasteiger partial charge in [0.15, 0.2) is 6.61 Å². The van der Waals surface area contributed by atoms with E-state index in [1.165, 1.54) is 24.3 Å². The lowest BCUT2D eigenvalue weighted by molar-refractivity contribution is -0.145. The maximum absolute atomic E-state index is 13.4. The quantitative estimate of drug-likeness (QED) is 0.602. The molecule has 0 aliphatic heterocycles. The van der Waals surface area contributed by atoms with E-state index in [1.807, 2.05) is 0 Å². The minimum atomic E-state index is -0.731. The van der Waals surface area contributed by atoms with Crippen LogP contribution < -0.4 is 5.32 Å². The number of halogens is 3. The fraction of sp³-hybridized carbons (Fsp3) is 0.176. The summed E-state index contributed by atoms with van der Waals surface area (Å²) in [5.74, 6) is -3.15. The van der Waals surface area contributed by atoms with Gasteiger partial charge in [0.1, 0.15) is 17.5 Å². The van der Waals surface area contributed by atoms with Crippen molar-refractivity contribution in [2.75, 3.05) is 12.4 Å². The first-order valence-electron chi connectivity index (χ1n) is 7.18. The number of ether oxygens (including phenoxy) is 1. The molecule has 8 heteroatoms. The van der Waals surface area contributed by atoms with Gasteiger partial charge in [-0.3, -0.25) is 9.59 Å². The molecule has 2 rings (SSSR count). The lowest BCUT2D eigenvalue weighted by Gasteiger charge is -2.07. The number of esters is 1. The normalized spacial score (nSPS) is 10.4. The molecule has 0 radical (unpaired) electrons.